The summed E-state index contributed by atoms with van der Waals surface area (Å²) >= 11 is 6.17. The van der Waals surface area contributed by atoms with E-state index in [-0.39, 0.29) is 24.6 Å². The summed E-state index contributed by atoms with van der Waals surface area (Å²) in [6.07, 6.45) is 1.34. The molecule has 1 aliphatic rings. The molecule has 1 aromatic carbocycles. The molecule has 0 saturated carbocycles. The Hall–Kier alpha value is -2.06. The van der Waals surface area contributed by atoms with E-state index in [4.69, 9.17) is 22.1 Å². The summed E-state index contributed by atoms with van der Waals surface area (Å²) in [6, 6.07) is 4.93. The average Bonchev–Trinajstić information content (AvgIpc) is 2.73. The van der Waals surface area contributed by atoms with Gasteiger partial charge in [-0.25, -0.2) is 0 Å². The second-order valence-corrected chi connectivity index (χ2v) is 6.05. The van der Waals surface area contributed by atoms with Crippen molar-refractivity contribution in [2.45, 2.75) is 6.42 Å². The summed E-state index contributed by atoms with van der Waals surface area (Å²) in [6.45, 7) is 0.0292. The molecule has 22 heavy (non-hydrogen) atoms. The molecular weight excluding hydrogens is 326 g/mol. The molecule has 0 atom stereocenters. The first-order chi connectivity index (χ1) is 10.4. The van der Waals surface area contributed by atoms with Gasteiger partial charge in [0.05, 0.1) is 18.4 Å². The number of hydrogen-bond acceptors (Lipinski definition) is 6. The van der Waals surface area contributed by atoms with Gasteiger partial charge in [-0.3, -0.25) is 14.5 Å². The molecule has 0 radical (unpaired) electrons. The van der Waals surface area contributed by atoms with Gasteiger partial charge < -0.3 is 14.9 Å². The Morgan fingerprint density at radius 1 is 1.50 bits per heavy atom. The maximum absolute atomic E-state index is 12.2. The third-order valence-electron chi connectivity index (χ3n) is 2.96. The number of thiocarbonyl (C=S) groups is 1. The maximum Gasteiger partial charge on any atom is 0.305 e. The van der Waals surface area contributed by atoms with Crippen LogP contribution in [0.2, 0.25) is 0 Å². The molecule has 0 aliphatic carbocycles. The van der Waals surface area contributed by atoms with E-state index in [0.717, 1.165) is 11.8 Å². The third kappa shape index (κ3) is 3.40. The zero-order valence-electron chi connectivity index (χ0n) is 11.6. The number of methoxy groups -OCH3 is 1. The van der Waals surface area contributed by atoms with Crippen LogP contribution in [0.5, 0.6) is 11.5 Å². The Balaban J connectivity index is 2.25. The zero-order chi connectivity index (χ0) is 16.3. The molecule has 0 unspecified atom stereocenters. The molecule has 6 nitrogen and oxygen atoms in total. The molecule has 0 bridgehead atoms. The number of benzene rings is 1. The van der Waals surface area contributed by atoms with E-state index >= 15 is 0 Å². The number of amides is 1. The van der Waals surface area contributed by atoms with E-state index in [1.54, 1.807) is 18.2 Å². The highest BCUT2D eigenvalue weighted by Crippen LogP contribution is 2.36. The van der Waals surface area contributed by atoms with Crippen molar-refractivity contribution in [3.8, 4) is 11.5 Å². The predicted molar refractivity (Wildman–Crippen MR) is 86.8 cm³/mol. The SMILES string of the molecule is COc1cccc(/C=C2/SC(=S)N(CCC(=O)O)C2=O)c1O. The Kier molecular flexibility index (Phi) is 5.04. The van der Waals surface area contributed by atoms with Gasteiger partial charge in [-0.2, -0.15) is 0 Å². The summed E-state index contributed by atoms with van der Waals surface area (Å²) in [4.78, 5) is 24.4. The Labute approximate surface area is 136 Å². The van der Waals surface area contributed by atoms with Gasteiger partial charge in [0.25, 0.3) is 5.91 Å². The fourth-order valence-electron chi connectivity index (χ4n) is 1.86. The van der Waals surface area contributed by atoms with E-state index in [0.29, 0.717) is 20.5 Å². The van der Waals surface area contributed by atoms with Crippen LogP contribution in [-0.2, 0) is 9.59 Å². The van der Waals surface area contributed by atoms with Crippen LogP contribution in [0.1, 0.15) is 12.0 Å². The van der Waals surface area contributed by atoms with Crippen molar-refractivity contribution in [1.82, 2.24) is 4.90 Å². The minimum absolute atomic E-state index is 0.0292. The minimum atomic E-state index is -0.997. The molecule has 1 amide bonds. The van der Waals surface area contributed by atoms with Gasteiger partial charge in [0, 0.05) is 12.1 Å². The van der Waals surface area contributed by atoms with Gasteiger partial charge in [0.1, 0.15) is 4.32 Å². The summed E-state index contributed by atoms with van der Waals surface area (Å²) in [5.41, 5.74) is 0.429. The number of ether oxygens (including phenoxy) is 1. The highest BCUT2D eigenvalue weighted by molar-refractivity contribution is 8.26. The number of nitrogens with zero attached hydrogens (tertiary/aromatic N) is 1. The number of aromatic hydroxyl groups is 1. The van der Waals surface area contributed by atoms with Crippen LogP contribution in [0.25, 0.3) is 6.08 Å². The number of phenolic OH excluding ortho intramolecular Hbond substituents is 1. The maximum atomic E-state index is 12.2. The Bertz CT molecular complexity index is 671. The summed E-state index contributed by atoms with van der Waals surface area (Å²) in [5, 5.41) is 18.7. The zero-order valence-corrected chi connectivity index (χ0v) is 13.2. The van der Waals surface area contributed by atoms with Gasteiger partial charge in [-0.1, -0.05) is 36.1 Å². The van der Waals surface area contributed by atoms with Crippen LogP contribution in [0.3, 0.4) is 0 Å². The first-order valence-corrected chi connectivity index (χ1v) is 7.49. The number of carboxylic acid groups (broad SMARTS) is 1. The first kappa shape index (κ1) is 16.3. The standard InChI is InChI=1S/C14H13NO5S2/c1-20-9-4-2-3-8(12(9)18)7-10-13(19)15(14(21)22-10)6-5-11(16)17/h2-4,7,18H,5-6H2,1H3,(H,16,17)/b10-7+. The van der Waals surface area contributed by atoms with Gasteiger partial charge in [0.15, 0.2) is 11.5 Å². The van der Waals surface area contributed by atoms with Gasteiger partial charge >= 0.3 is 5.97 Å². The Morgan fingerprint density at radius 3 is 2.86 bits per heavy atom. The second kappa shape index (κ2) is 6.80. The number of carbonyl (C=O) groups excluding carboxylic acids is 1. The van der Waals surface area contributed by atoms with Crippen LogP contribution in [0.15, 0.2) is 23.1 Å². The fraction of sp³-hybridized carbons (Fsp3) is 0.214. The molecule has 1 heterocycles. The number of carboxylic acids is 1. The quantitative estimate of drug-likeness (QED) is 0.627. The van der Waals surface area contributed by atoms with Crippen molar-refractivity contribution in [2.75, 3.05) is 13.7 Å². The Morgan fingerprint density at radius 2 is 2.23 bits per heavy atom. The van der Waals surface area contributed by atoms with E-state index in [1.165, 1.54) is 18.1 Å². The number of thioether (sulfide) groups is 1. The number of hydrogen-bond donors (Lipinski definition) is 2. The van der Waals surface area contributed by atoms with Crippen LogP contribution >= 0.6 is 24.0 Å². The molecule has 1 saturated heterocycles. The van der Waals surface area contributed by atoms with Crippen molar-refractivity contribution in [3.05, 3.63) is 28.7 Å². The summed E-state index contributed by atoms with van der Waals surface area (Å²) < 4.78 is 5.32. The van der Waals surface area contributed by atoms with Crippen molar-refractivity contribution < 1.29 is 24.5 Å². The van der Waals surface area contributed by atoms with E-state index in [9.17, 15) is 14.7 Å². The minimum Gasteiger partial charge on any atom is -0.504 e. The number of phenols is 1. The monoisotopic (exact) mass is 339 g/mol. The van der Waals surface area contributed by atoms with Crippen molar-refractivity contribution >= 4 is 46.3 Å². The van der Waals surface area contributed by atoms with Crippen LogP contribution in [-0.4, -0.2) is 45.0 Å². The molecule has 1 aliphatic heterocycles. The molecule has 8 heteroatoms. The first-order valence-electron chi connectivity index (χ1n) is 6.27. The predicted octanol–water partition coefficient (Wildman–Crippen LogP) is 2.08. The van der Waals surface area contributed by atoms with Gasteiger partial charge in [0.2, 0.25) is 0 Å². The second-order valence-electron chi connectivity index (χ2n) is 4.38. The van der Waals surface area contributed by atoms with Crippen molar-refractivity contribution in [1.29, 1.82) is 0 Å². The summed E-state index contributed by atoms with van der Waals surface area (Å²) in [5.74, 6) is -1.13. The molecule has 1 fully saturated rings. The summed E-state index contributed by atoms with van der Waals surface area (Å²) in [7, 11) is 1.43. The van der Waals surface area contributed by atoms with E-state index in [1.807, 2.05) is 0 Å². The smallest absolute Gasteiger partial charge is 0.305 e. The molecule has 0 spiro atoms. The highest BCUT2D eigenvalue weighted by Gasteiger charge is 2.32. The topological polar surface area (TPSA) is 87.1 Å². The fourth-order valence-corrected chi connectivity index (χ4v) is 3.16. The molecule has 2 rings (SSSR count). The molecule has 0 aromatic heterocycles. The third-order valence-corrected chi connectivity index (χ3v) is 4.34. The highest BCUT2D eigenvalue weighted by atomic mass is 32.2. The number of carbonyl (C=O) groups is 2. The largest absolute Gasteiger partial charge is 0.504 e. The van der Waals surface area contributed by atoms with Gasteiger partial charge in [-0.15, -0.1) is 0 Å². The molecular formula is C14H13NO5S2. The van der Waals surface area contributed by atoms with Crippen molar-refractivity contribution in [3.63, 3.8) is 0 Å². The van der Waals surface area contributed by atoms with Gasteiger partial charge in [-0.05, 0) is 12.1 Å². The molecule has 2 N–H and O–H groups in total. The van der Waals surface area contributed by atoms with Crippen LogP contribution in [0.4, 0.5) is 0 Å². The average molecular weight is 339 g/mol. The van der Waals surface area contributed by atoms with Crippen LogP contribution < -0.4 is 4.74 Å². The normalized spacial score (nSPS) is 16.4. The number of aliphatic carboxylic acids is 1. The van der Waals surface area contributed by atoms with Crippen molar-refractivity contribution in [2.24, 2.45) is 0 Å². The molecule has 116 valence electrons. The molecule has 1 aromatic rings. The lowest BCUT2D eigenvalue weighted by atomic mass is 10.1. The number of para-hydroxylation sites is 1. The lowest BCUT2D eigenvalue weighted by molar-refractivity contribution is -0.137. The lowest BCUT2D eigenvalue weighted by Crippen LogP contribution is -2.30. The number of rotatable bonds is 5. The lowest BCUT2D eigenvalue weighted by Gasteiger charge is -2.12. The van der Waals surface area contributed by atoms with E-state index in [2.05, 4.69) is 0 Å². The van der Waals surface area contributed by atoms with E-state index < -0.39 is 5.97 Å². The van der Waals surface area contributed by atoms with Crippen LogP contribution in [0, 0.1) is 0 Å².